The number of halogens is 1. The molecule has 5 heteroatoms. The lowest BCUT2D eigenvalue weighted by Gasteiger charge is -2.21. The quantitative estimate of drug-likeness (QED) is 0.636. The van der Waals surface area contributed by atoms with Gasteiger partial charge < -0.3 is 5.73 Å². The SMILES string of the molecule is C=Cc1cc2cc3c(nc2s1)CCC(SI)C3.CC.CN. The molecule has 3 rings (SSSR count). The summed E-state index contributed by atoms with van der Waals surface area (Å²) in [5.41, 5.74) is 7.27. The number of hydrogen-bond acceptors (Lipinski definition) is 4. The van der Waals surface area contributed by atoms with Crippen LogP contribution in [0.15, 0.2) is 18.7 Å². The van der Waals surface area contributed by atoms with Gasteiger partial charge in [-0.3, -0.25) is 0 Å². The third kappa shape index (κ3) is 4.68. The van der Waals surface area contributed by atoms with Gasteiger partial charge in [0.05, 0.1) is 0 Å². The summed E-state index contributed by atoms with van der Waals surface area (Å²) < 4.78 is 0. The second-order valence-corrected chi connectivity index (χ2v) is 7.73. The maximum absolute atomic E-state index is 4.81. The highest BCUT2D eigenvalue weighted by Crippen LogP contribution is 2.34. The standard InChI is InChI=1S/C13H12INS2.C2H6.CH5N/c1-2-10-7-9-5-8-6-11(17-14)3-4-12(8)15-13(9)16-10;2*1-2/h2,5,7,11H,1,3-4,6H2;1-2H3;2H2,1H3. The molecule has 0 radical (unpaired) electrons. The molecule has 116 valence electrons. The second-order valence-electron chi connectivity index (χ2n) is 4.30. The summed E-state index contributed by atoms with van der Waals surface area (Å²) >= 11 is 4.16. The molecule has 1 aliphatic carbocycles. The molecule has 0 amide bonds. The fraction of sp³-hybridized carbons (Fsp3) is 0.438. The zero-order chi connectivity index (χ0) is 15.8. The Morgan fingerprint density at radius 1 is 1.43 bits per heavy atom. The number of nitrogens with two attached hydrogens (primary N) is 1. The van der Waals surface area contributed by atoms with Gasteiger partial charge in [-0.2, -0.15) is 0 Å². The number of fused-ring (bicyclic) bond motifs is 2. The van der Waals surface area contributed by atoms with E-state index in [2.05, 4.69) is 45.7 Å². The van der Waals surface area contributed by atoms with Gasteiger partial charge in [-0.25, -0.2) is 4.98 Å². The zero-order valence-corrected chi connectivity index (χ0v) is 16.6. The van der Waals surface area contributed by atoms with Crippen molar-refractivity contribution in [1.29, 1.82) is 0 Å². The first kappa shape index (κ1) is 18.9. The first-order valence-electron chi connectivity index (χ1n) is 7.20. The Hall–Kier alpha value is -0.110. The molecule has 0 spiro atoms. The van der Waals surface area contributed by atoms with Crippen LogP contribution in [0.25, 0.3) is 16.3 Å². The highest BCUT2D eigenvalue weighted by atomic mass is 127. The van der Waals surface area contributed by atoms with Gasteiger partial charge in [-0.15, -0.1) is 11.3 Å². The normalized spacial score (nSPS) is 16.1. The van der Waals surface area contributed by atoms with E-state index in [-0.39, 0.29) is 0 Å². The Labute approximate surface area is 148 Å². The molecule has 2 heterocycles. The number of aryl methyl sites for hydroxylation is 1. The smallest absolute Gasteiger partial charge is 0.124 e. The predicted octanol–water partition coefficient (Wildman–Crippen LogP) is 5.48. The number of nitrogens with zero attached hydrogens (tertiary/aromatic N) is 1. The molecule has 21 heavy (non-hydrogen) atoms. The van der Waals surface area contributed by atoms with Crippen LogP contribution in [0.4, 0.5) is 0 Å². The summed E-state index contributed by atoms with van der Waals surface area (Å²) in [7, 11) is 3.45. The van der Waals surface area contributed by atoms with Crippen molar-refractivity contribution in [1.82, 2.24) is 4.98 Å². The molecule has 2 N–H and O–H groups in total. The topological polar surface area (TPSA) is 38.9 Å². The summed E-state index contributed by atoms with van der Waals surface area (Å²) in [5, 5.41) is 2.04. The minimum Gasteiger partial charge on any atom is -0.333 e. The Kier molecular flexibility index (Phi) is 8.85. The van der Waals surface area contributed by atoms with Crippen molar-refractivity contribution in [3.05, 3.63) is 34.8 Å². The van der Waals surface area contributed by atoms with E-state index < -0.39 is 0 Å². The Bertz CT molecular complexity index is 581. The van der Waals surface area contributed by atoms with Gasteiger partial charge in [-0.1, -0.05) is 35.4 Å². The second kappa shape index (κ2) is 9.82. The molecule has 2 nitrogen and oxygen atoms in total. The van der Waals surface area contributed by atoms with Crippen molar-refractivity contribution in [2.75, 3.05) is 7.05 Å². The number of pyridine rings is 1. The van der Waals surface area contributed by atoms with Gasteiger partial charge in [0.1, 0.15) is 4.83 Å². The summed E-state index contributed by atoms with van der Waals surface area (Å²) in [6.07, 6.45) is 5.48. The lowest BCUT2D eigenvalue weighted by Crippen LogP contribution is -2.16. The largest absolute Gasteiger partial charge is 0.333 e. The van der Waals surface area contributed by atoms with Gasteiger partial charge in [0, 0.05) is 21.2 Å². The molecule has 2 aromatic rings. The lowest BCUT2D eigenvalue weighted by molar-refractivity contribution is 0.691. The van der Waals surface area contributed by atoms with Crippen LogP contribution in [0.2, 0.25) is 0 Å². The van der Waals surface area contributed by atoms with E-state index in [1.54, 1.807) is 11.3 Å². The molecule has 0 saturated carbocycles. The molecule has 2 aromatic heterocycles. The molecule has 1 aliphatic rings. The van der Waals surface area contributed by atoms with Crippen LogP contribution >= 0.6 is 41.5 Å². The summed E-state index contributed by atoms with van der Waals surface area (Å²) in [6.45, 7) is 7.83. The molecular weight excluding hydrogens is 411 g/mol. The van der Waals surface area contributed by atoms with Crippen LogP contribution in [0, 0.1) is 0 Å². The first-order chi connectivity index (χ1) is 10.3. The van der Waals surface area contributed by atoms with Crippen molar-refractivity contribution in [2.24, 2.45) is 5.73 Å². The van der Waals surface area contributed by atoms with Crippen molar-refractivity contribution in [3.8, 4) is 0 Å². The minimum absolute atomic E-state index is 0.764. The highest BCUT2D eigenvalue weighted by Gasteiger charge is 2.20. The van der Waals surface area contributed by atoms with Crippen LogP contribution in [0.5, 0.6) is 0 Å². The van der Waals surface area contributed by atoms with E-state index in [4.69, 9.17) is 4.98 Å². The van der Waals surface area contributed by atoms with Crippen LogP contribution < -0.4 is 5.73 Å². The summed E-state index contributed by atoms with van der Waals surface area (Å²) in [5.74, 6) is 0. The molecule has 0 bridgehead atoms. The fourth-order valence-electron chi connectivity index (χ4n) is 2.29. The monoisotopic (exact) mass is 434 g/mol. The number of rotatable bonds is 2. The Morgan fingerprint density at radius 3 is 2.76 bits per heavy atom. The maximum atomic E-state index is 4.81. The molecule has 1 atom stereocenters. The van der Waals surface area contributed by atoms with Crippen LogP contribution in [0.1, 0.15) is 36.4 Å². The number of aromatic nitrogens is 1. The van der Waals surface area contributed by atoms with E-state index >= 15 is 0 Å². The van der Waals surface area contributed by atoms with Crippen molar-refractivity contribution >= 4 is 57.8 Å². The third-order valence-electron chi connectivity index (χ3n) is 3.17. The van der Waals surface area contributed by atoms with E-state index in [0.717, 1.165) is 11.7 Å². The lowest BCUT2D eigenvalue weighted by atomic mass is 9.95. The van der Waals surface area contributed by atoms with Gasteiger partial charge >= 0.3 is 0 Å². The van der Waals surface area contributed by atoms with E-state index in [0.29, 0.717) is 0 Å². The van der Waals surface area contributed by atoms with Gasteiger partial charge in [-0.05, 0) is 65.2 Å². The van der Waals surface area contributed by atoms with Gasteiger partial charge in [0.25, 0.3) is 0 Å². The minimum atomic E-state index is 0.764. The Balaban J connectivity index is 0.000000510. The van der Waals surface area contributed by atoms with Crippen molar-refractivity contribution < 1.29 is 0 Å². The van der Waals surface area contributed by atoms with E-state index in [1.165, 1.54) is 46.2 Å². The molecular formula is C16H23IN2S2. The fourth-order valence-corrected chi connectivity index (χ4v) is 4.92. The van der Waals surface area contributed by atoms with E-state index in [9.17, 15) is 0 Å². The molecule has 1 unspecified atom stereocenters. The Morgan fingerprint density at radius 2 is 2.14 bits per heavy atom. The van der Waals surface area contributed by atoms with Crippen molar-refractivity contribution in [3.63, 3.8) is 0 Å². The predicted molar refractivity (Wildman–Crippen MR) is 109 cm³/mol. The molecule has 0 aromatic carbocycles. The number of hydrogen-bond donors (Lipinski definition) is 1. The average molecular weight is 434 g/mol. The highest BCUT2D eigenvalue weighted by molar-refractivity contribution is 14.2. The molecule has 0 aliphatic heterocycles. The number of thiophene rings is 1. The zero-order valence-electron chi connectivity index (χ0n) is 12.9. The maximum Gasteiger partial charge on any atom is 0.124 e. The van der Waals surface area contributed by atoms with Gasteiger partial charge in [0.2, 0.25) is 0 Å². The van der Waals surface area contributed by atoms with Crippen LogP contribution in [-0.4, -0.2) is 17.3 Å². The average Bonchev–Trinajstić information content (AvgIpc) is 2.97. The summed E-state index contributed by atoms with van der Waals surface area (Å²) in [4.78, 5) is 7.20. The van der Waals surface area contributed by atoms with Crippen molar-refractivity contribution in [2.45, 2.75) is 38.4 Å². The third-order valence-corrected chi connectivity index (χ3v) is 7.03. The van der Waals surface area contributed by atoms with E-state index in [1.807, 2.05) is 28.9 Å². The first-order valence-corrected chi connectivity index (χ1v) is 11.4. The molecule has 0 saturated heterocycles. The molecule has 0 fully saturated rings. The van der Waals surface area contributed by atoms with Gasteiger partial charge in [0.15, 0.2) is 0 Å². The van der Waals surface area contributed by atoms with Crippen LogP contribution in [-0.2, 0) is 12.8 Å². The summed E-state index contributed by atoms with van der Waals surface area (Å²) in [6, 6.07) is 4.53. The van der Waals surface area contributed by atoms with Crippen LogP contribution in [0.3, 0.4) is 0 Å².